The summed E-state index contributed by atoms with van der Waals surface area (Å²) in [4.78, 5) is 19.7. The van der Waals surface area contributed by atoms with E-state index in [4.69, 9.17) is 4.98 Å². The number of pyridine rings is 1. The van der Waals surface area contributed by atoms with Gasteiger partial charge in [-0.2, -0.15) is 0 Å². The molecule has 5 aromatic rings. The van der Waals surface area contributed by atoms with Crippen molar-refractivity contribution in [1.29, 1.82) is 0 Å². The highest BCUT2D eigenvalue weighted by Crippen LogP contribution is 2.43. The molecule has 0 aliphatic heterocycles. The van der Waals surface area contributed by atoms with E-state index in [1.54, 1.807) is 12.1 Å². The second-order valence-corrected chi connectivity index (χ2v) is 8.17. The van der Waals surface area contributed by atoms with Crippen LogP contribution < -0.4 is 0 Å². The minimum absolute atomic E-state index is 0.0871. The summed E-state index contributed by atoms with van der Waals surface area (Å²) in [7, 11) is 0. The lowest BCUT2D eigenvalue weighted by Crippen LogP contribution is -2.08. The average molecular weight is 405 g/mol. The van der Waals surface area contributed by atoms with Crippen molar-refractivity contribution < 1.29 is 4.92 Å². The van der Waals surface area contributed by atoms with Crippen LogP contribution in [-0.4, -0.2) is 14.9 Å². The fraction of sp³-hybridized carbons (Fsp3) is 0.115. The highest BCUT2D eigenvalue weighted by molar-refractivity contribution is 6.02. The van der Waals surface area contributed by atoms with Crippen molar-refractivity contribution in [2.24, 2.45) is 0 Å². The van der Waals surface area contributed by atoms with Crippen LogP contribution in [-0.2, 0) is 12.8 Å². The van der Waals surface area contributed by atoms with Gasteiger partial charge in [-0.05, 0) is 60.2 Å². The predicted molar refractivity (Wildman–Crippen MR) is 123 cm³/mol. The number of fused-ring (bicyclic) bond motifs is 6. The molecule has 0 fully saturated rings. The molecule has 0 unspecified atom stereocenters. The maximum absolute atomic E-state index is 11.5. The minimum Gasteiger partial charge on any atom is -0.353 e. The zero-order valence-electron chi connectivity index (χ0n) is 17.0. The number of aryl methyl sites for hydroxylation is 2. The predicted octanol–water partition coefficient (Wildman–Crippen LogP) is 6.37. The van der Waals surface area contributed by atoms with E-state index in [1.165, 1.54) is 22.6 Å². The van der Waals surface area contributed by atoms with Crippen molar-refractivity contribution in [3.63, 3.8) is 0 Å². The monoisotopic (exact) mass is 405 g/mol. The van der Waals surface area contributed by atoms with Gasteiger partial charge in [0.1, 0.15) is 0 Å². The van der Waals surface area contributed by atoms with Gasteiger partial charge in [-0.25, -0.2) is 4.98 Å². The molecule has 2 aromatic heterocycles. The first-order valence-corrected chi connectivity index (χ1v) is 10.4. The van der Waals surface area contributed by atoms with Crippen LogP contribution >= 0.6 is 0 Å². The highest BCUT2D eigenvalue weighted by atomic mass is 16.6. The molecule has 31 heavy (non-hydrogen) atoms. The number of hydrogen-bond donors (Lipinski definition) is 1. The molecule has 0 amide bonds. The molecule has 6 rings (SSSR count). The Morgan fingerprint density at radius 3 is 2.55 bits per heavy atom. The number of nitro benzene ring substituents is 1. The molecule has 0 saturated carbocycles. The van der Waals surface area contributed by atoms with Gasteiger partial charge in [0.05, 0.1) is 21.8 Å². The summed E-state index contributed by atoms with van der Waals surface area (Å²) in [5.74, 6) is 0. The van der Waals surface area contributed by atoms with E-state index in [2.05, 4.69) is 42.2 Å². The van der Waals surface area contributed by atoms with Crippen molar-refractivity contribution in [3.05, 3.63) is 93.5 Å². The van der Waals surface area contributed by atoms with E-state index in [0.717, 1.165) is 57.3 Å². The van der Waals surface area contributed by atoms with Crippen molar-refractivity contribution >= 4 is 27.5 Å². The molecule has 0 bridgehead atoms. The Balaban J connectivity index is 1.72. The van der Waals surface area contributed by atoms with Crippen LogP contribution in [0.15, 0.2) is 66.7 Å². The Kier molecular flexibility index (Phi) is 3.74. The second-order valence-electron chi connectivity index (χ2n) is 8.17. The number of nitrogens with one attached hydrogen (secondary N) is 1. The van der Waals surface area contributed by atoms with E-state index in [1.807, 2.05) is 18.2 Å². The van der Waals surface area contributed by atoms with Crippen molar-refractivity contribution in [1.82, 2.24) is 9.97 Å². The number of aromatic amines is 1. The lowest BCUT2D eigenvalue weighted by molar-refractivity contribution is -0.384. The standard InChI is InChI=1S/C26H19N3O2/c1-15-7-11-22-20(13-15)18-9-10-19-24(16-5-3-2-4-6-16)21-14-17(29(30)31)8-12-23(21)28-26(19)25(18)27-22/h2-8,11-14,27H,9-10H2,1H3. The Morgan fingerprint density at radius 1 is 0.935 bits per heavy atom. The van der Waals surface area contributed by atoms with Gasteiger partial charge in [-0.1, -0.05) is 42.0 Å². The topological polar surface area (TPSA) is 71.8 Å². The molecule has 0 spiro atoms. The van der Waals surface area contributed by atoms with Crippen molar-refractivity contribution in [2.45, 2.75) is 19.8 Å². The van der Waals surface area contributed by atoms with Crippen LogP contribution in [0.1, 0.15) is 16.7 Å². The summed E-state index contributed by atoms with van der Waals surface area (Å²) in [6.45, 7) is 2.11. The number of nitro groups is 1. The molecular weight excluding hydrogens is 386 g/mol. The van der Waals surface area contributed by atoms with E-state index in [-0.39, 0.29) is 10.6 Å². The van der Waals surface area contributed by atoms with Crippen LogP contribution in [0.2, 0.25) is 0 Å². The zero-order valence-corrected chi connectivity index (χ0v) is 17.0. The van der Waals surface area contributed by atoms with Crippen LogP contribution in [0, 0.1) is 17.0 Å². The molecule has 0 radical (unpaired) electrons. The number of non-ortho nitro benzene ring substituents is 1. The van der Waals surface area contributed by atoms with Crippen LogP contribution in [0.5, 0.6) is 0 Å². The Labute approximate surface area is 178 Å². The Bertz CT molecular complexity index is 1520. The van der Waals surface area contributed by atoms with E-state index < -0.39 is 0 Å². The minimum atomic E-state index is -0.341. The first-order valence-electron chi connectivity index (χ1n) is 10.4. The van der Waals surface area contributed by atoms with E-state index in [0.29, 0.717) is 0 Å². The van der Waals surface area contributed by atoms with E-state index in [9.17, 15) is 10.1 Å². The number of nitrogens with zero attached hydrogens (tertiary/aromatic N) is 2. The van der Waals surface area contributed by atoms with Crippen molar-refractivity contribution in [3.8, 4) is 22.5 Å². The summed E-state index contributed by atoms with van der Waals surface area (Å²) in [6.07, 6.45) is 1.76. The lowest BCUT2D eigenvalue weighted by Gasteiger charge is -2.21. The zero-order chi connectivity index (χ0) is 21.1. The molecule has 0 atom stereocenters. The molecule has 1 aliphatic carbocycles. The highest BCUT2D eigenvalue weighted by Gasteiger charge is 2.27. The van der Waals surface area contributed by atoms with Gasteiger partial charge in [-0.3, -0.25) is 10.1 Å². The maximum atomic E-state index is 11.5. The summed E-state index contributed by atoms with van der Waals surface area (Å²) in [5, 5.41) is 13.5. The largest absolute Gasteiger partial charge is 0.353 e. The molecule has 150 valence electrons. The number of rotatable bonds is 2. The smallest absolute Gasteiger partial charge is 0.270 e. The van der Waals surface area contributed by atoms with Crippen LogP contribution in [0.4, 0.5) is 5.69 Å². The SMILES string of the molecule is Cc1ccc2[nH]c3c(c2c1)CCc1c-3nc2ccc([N+](=O)[O-])cc2c1-c1ccccc1. The van der Waals surface area contributed by atoms with Gasteiger partial charge in [-0.15, -0.1) is 0 Å². The molecule has 1 aliphatic rings. The van der Waals surface area contributed by atoms with Gasteiger partial charge in [0.15, 0.2) is 0 Å². The average Bonchev–Trinajstić information content (AvgIpc) is 3.16. The Morgan fingerprint density at radius 2 is 1.74 bits per heavy atom. The normalized spacial score (nSPS) is 12.7. The third-order valence-electron chi connectivity index (χ3n) is 6.27. The first-order chi connectivity index (χ1) is 15.1. The molecule has 2 heterocycles. The third kappa shape index (κ3) is 2.66. The van der Waals surface area contributed by atoms with Gasteiger partial charge in [0.2, 0.25) is 0 Å². The third-order valence-corrected chi connectivity index (χ3v) is 6.27. The molecule has 3 aromatic carbocycles. The van der Waals surface area contributed by atoms with Gasteiger partial charge < -0.3 is 4.98 Å². The molecule has 1 N–H and O–H groups in total. The summed E-state index contributed by atoms with van der Waals surface area (Å²) in [5.41, 5.74) is 9.80. The molecule has 0 saturated heterocycles. The maximum Gasteiger partial charge on any atom is 0.270 e. The van der Waals surface area contributed by atoms with Gasteiger partial charge in [0, 0.05) is 28.4 Å². The van der Waals surface area contributed by atoms with Crippen LogP contribution in [0.3, 0.4) is 0 Å². The fourth-order valence-electron chi connectivity index (χ4n) is 4.86. The molecule has 5 nitrogen and oxygen atoms in total. The fourth-order valence-corrected chi connectivity index (χ4v) is 4.86. The summed E-state index contributed by atoms with van der Waals surface area (Å²) >= 11 is 0. The first kappa shape index (κ1) is 17.8. The van der Waals surface area contributed by atoms with E-state index >= 15 is 0 Å². The van der Waals surface area contributed by atoms with Crippen LogP contribution in [0.25, 0.3) is 44.3 Å². The lowest BCUT2D eigenvalue weighted by atomic mass is 9.85. The Hall–Kier alpha value is -3.99. The second kappa shape index (κ2) is 6.51. The number of hydrogen-bond acceptors (Lipinski definition) is 3. The summed E-state index contributed by atoms with van der Waals surface area (Å²) < 4.78 is 0. The number of aromatic nitrogens is 2. The van der Waals surface area contributed by atoms with Crippen molar-refractivity contribution in [2.75, 3.05) is 0 Å². The van der Waals surface area contributed by atoms with Gasteiger partial charge in [0.25, 0.3) is 5.69 Å². The quantitative estimate of drug-likeness (QED) is 0.274. The molecular formula is C26H19N3O2. The summed E-state index contributed by atoms with van der Waals surface area (Å²) in [6, 6.07) is 21.6. The molecule has 5 heteroatoms. The number of H-pyrrole nitrogens is 1. The van der Waals surface area contributed by atoms with Gasteiger partial charge >= 0.3 is 0 Å². The number of benzene rings is 3.